The highest BCUT2D eigenvalue weighted by atomic mass is 16.6. The third kappa shape index (κ3) is 2.61. The van der Waals surface area contributed by atoms with Crippen molar-refractivity contribution in [3.05, 3.63) is 35.9 Å². The van der Waals surface area contributed by atoms with Crippen LogP contribution in [0.1, 0.15) is 26.3 Å². The molecule has 1 fully saturated rings. The summed E-state index contributed by atoms with van der Waals surface area (Å²) in [5.74, 6) is -0.367. The minimum atomic E-state index is -1.01. The van der Waals surface area contributed by atoms with Crippen LogP contribution in [-0.4, -0.2) is 40.8 Å². The topological polar surface area (TPSA) is 66.8 Å². The number of ether oxygens (including phenoxy) is 1. The predicted octanol–water partition coefficient (Wildman–Crippen LogP) is 2.26. The van der Waals surface area contributed by atoms with Crippen molar-refractivity contribution in [2.24, 2.45) is 0 Å². The van der Waals surface area contributed by atoms with E-state index < -0.39 is 17.1 Å². The highest BCUT2D eigenvalue weighted by molar-refractivity contribution is 5.88. The molecule has 1 aromatic rings. The van der Waals surface area contributed by atoms with Crippen molar-refractivity contribution >= 4 is 12.1 Å². The lowest BCUT2D eigenvalue weighted by Crippen LogP contribution is -2.65. The molecule has 0 atom stereocenters. The van der Waals surface area contributed by atoms with E-state index in [1.807, 2.05) is 30.3 Å². The molecule has 1 amide bonds. The molecule has 2 rings (SSSR count). The number of hydrogen-bond donors (Lipinski definition) is 1. The van der Waals surface area contributed by atoms with E-state index in [1.54, 1.807) is 20.8 Å². The van der Waals surface area contributed by atoms with Gasteiger partial charge in [0, 0.05) is 13.1 Å². The standard InChI is InChI=1S/C15H19NO4/c1-14(2,3)20-12(17)15(9-16(10-15)13(18)19)11-7-5-4-6-8-11/h4-8H,9-10H2,1-3H3,(H,18,19). The van der Waals surface area contributed by atoms with Gasteiger partial charge in [-0.05, 0) is 26.3 Å². The zero-order valence-electron chi connectivity index (χ0n) is 11.9. The molecule has 0 aliphatic carbocycles. The van der Waals surface area contributed by atoms with Crippen LogP contribution < -0.4 is 0 Å². The number of amides is 1. The van der Waals surface area contributed by atoms with E-state index in [1.165, 1.54) is 4.90 Å². The van der Waals surface area contributed by atoms with Gasteiger partial charge in [0.05, 0.1) is 0 Å². The van der Waals surface area contributed by atoms with Crippen molar-refractivity contribution in [3.8, 4) is 0 Å². The van der Waals surface area contributed by atoms with Crippen LogP contribution in [0, 0.1) is 0 Å². The molecule has 1 aliphatic rings. The summed E-state index contributed by atoms with van der Waals surface area (Å²) in [6.45, 7) is 5.69. The van der Waals surface area contributed by atoms with Gasteiger partial charge in [0.1, 0.15) is 11.0 Å². The Morgan fingerprint density at radius 2 is 1.75 bits per heavy atom. The Kier molecular flexibility index (Phi) is 3.46. The van der Waals surface area contributed by atoms with E-state index in [-0.39, 0.29) is 19.1 Å². The van der Waals surface area contributed by atoms with Gasteiger partial charge in [-0.15, -0.1) is 0 Å². The lowest BCUT2D eigenvalue weighted by Gasteiger charge is -2.47. The second-order valence-electron chi connectivity index (χ2n) is 6.09. The number of carbonyl (C=O) groups excluding carboxylic acids is 1. The molecule has 1 heterocycles. The van der Waals surface area contributed by atoms with Crippen LogP contribution in [-0.2, 0) is 14.9 Å². The molecule has 0 saturated carbocycles. The molecule has 5 nitrogen and oxygen atoms in total. The van der Waals surface area contributed by atoms with Gasteiger partial charge in [0.25, 0.3) is 0 Å². The third-order valence-corrected chi connectivity index (χ3v) is 3.31. The molecule has 5 heteroatoms. The summed E-state index contributed by atoms with van der Waals surface area (Å²) in [7, 11) is 0. The van der Waals surface area contributed by atoms with Crippen LogP contribution >= 0.6 is 0 Å². The number of likely N-dealkylation sites (tertiary alicyclic amines) is 1. The van der Waals surface area contributed by atoms with Gasteiger partial charge < -0.3 is 14.7 Å². The minimum absolute atomic E-state index is 0.140. The Morgan fingerprint density at radius 3 is 2.20 bits per heavy atom. The summed E-state index contributed by atoms with van der Waals surface area (Å²) in [5, 5.41) is 9.00. The van der Waals surface area contributed by atoms with Crippen molar-refractivity contribution < 1.29 is 19.4 Å². The van der Waals surface area contributed by atoms with Gasteiger partial charge in [0.15, 0.2) is 0 Å². The molecule has 0 aromatic heterocycles. The van der Waals surface area contributed by atoms with Gasteiger partial charge in [0.2, 0.25) is 0 Å². The Labute approximate surface area is 118 Å². The van der Waals surface area contributed by atoms with Crippen molar-refractivity contribution in [1.29, 1.82) is 0 Å². The van der Waals surface area contributed by atoms with E-state index in [9.17, 15) is 9.59 Å². The normalized spacial score (nSPS) is 17.2. The van der Waals surface area contributed by atoms with Crippen molar-refractivity contribution in [2.75, 3.05) is 13.1 Å². The first-order chi connectivity index (χ1) is 9.24. The maximum absolute atomic E-state index is 12.5. The van der Waals surface area contributed by atoms with Crippen LogP contribution in [0.4, 0.5) is 4.79 Å². The number of benzene rings is 1. The summed E-state index contributed by atoms with van der Waals surface area (Å²) >= 11 is 0. The second kappa shape index (κ2) is 4.81. The Balaban J connectivity index is 2.28. The average molecular weight is 277 g/mol. The zero-order chi connectivity index (χ0) is 15.0. The summed E-state index contributed by atoms with van der Waals surface area (Å²) in [6.07, 6.45) is -1.01. The van der Waals surface area contributed by atoms with Crippen molar-refractivity contribution in [2.45, 2.75) is 31.8 Å². The van der Waals surface area contributed by atoms with E-state index in [0.717, 1.165) is 5.56 Å². The maximum Gasteiger partial charge on any atom is 0.407 e. The quantitative estimate of drug-likeness (QED) is 0.842. The van der Waals surface area contributed by atoms with Crippen LogP contribution in [0.3, 0.4) is 0 Å². The van der Waals surface area contributed by atoms with Crippen LogP contribution in [0.5, 0.6) is 0 Å². The number of hydrogen-bond acceptors (Lipinski definition) is 3. The fourth-order valence-corrected chi connectivity index (χ4v) is 2.30. The first kappa shape index (κ1) is 14.4. The highest BCUT2D eigenvalue weighted by Gasteiger charge is 2.54. The fourth-order valence-electron chi connectivity index (χ4n) is 2.30. The monoisotopic (exact) mass is 277 g/mol. The largest absolute Gasteiger partial charge is 0.465 e. The van der Waals surface area contributed by atoms with Gasteiger partial charge in [-0.3, -0.25) is 4.79 Å². The summed E-state index contributed by atoms with van der Waals surface area (Å²) < 4.78 is 5.47. The molecule has 1 saturated heterocycles. The maximum atomic E-state index is 12.5. The number of carboxylic acid groups (broad SMARTS) is 1. The number of esters is 1. The van der Waals surface area contributed by atoms with Crippen molar-refractivity contribution in [3.63, 3.8) is 0 Å². The van der Waals surface area contributed by atoms with E-state index in [0.29, 0.717) is 0 Å². The zero-order valence-corrected chi connectivity index (χ0v) is 11.9. The van der Waals surface area contributed by atoms with E-state index in [4.69, 9.17) is 9.84 Å². The number of nitrogens with zero attached hydrogens (tertiary/aromatic N) is 1. The van der Waals surface area contributed by atoms with Crippen LogP contribution in [0.25, 0.3) is 0 Å². The molecule has 1 aromatic carbocycles. The predicted molar refractivity (Wildman–Crippen MR) is 73.6 cm³/mol. The fraction of sp³-hybridized carbons (Fsp3) is 0.467. The molecule has 0 radical (unpaired) electrons. The molecule has 1 N–H and O–H groups in total. The smallest absolute Gasteiger partial charge is 0.407 e. The molecular weight excluding hydrogens is 258 g/mol. The third-order valence-electron chi connectivity index (χ3n) is 3.31. The SMILES string of the molecule is CC(C)(C)OC(=O)C1(c2ccccc2)CN(C(=O)O)C1. The molecular formula is C15H19NO4. The van der Waals surface area contributed by atoms with Crippen LogP contribution in [0.2, 0.25) is 0 Å². The van der Waals surface area contributed by atoms with E-state index in [2.05, 4.69) is 0 Å². The van der Waals surface area contributed by atoms with E-state index >= 15 is 0 Å². The first-order valence-electron chi connectivity index (χ1n) is 6.51. The molecule has 1 aliphatic heterocycles. The average Bonchev–Trinajstić information content (AvgIpc) is 2.26. The molecule has 0 spiro atoms. The van der Waals surface area contributed by atoms with Crippen molar-refractivity contribution in [1.82, 2.24) is 4.90 Å². The Morgan fingerprint density at radius 1 is 1.20 bits per heavy atom. The molecule has 20 heavy (non-hydrogen) atoms. The van der Waals surface area contributed by atoms with Gasteiger partial charge >= 0.3 is 12.1 Å². The Hall–Kier alpha value is -2.04. The molecule has 108 valence electrons. The first-order valence-corrected chi connectivity index (χ1v) is 6.51. The lowest BCUT2D eigenvalue weighted by molar-refractivity contribution is -0.168. The van der Waals surface area contributed by atoms with Gasteiger partial charge in [-0.2, -0.15) is 0 Å². The number of carbonyl (C=O) groups is 2. The highest BCUT2D eigenvalue weighted by Crippen LogP contribution is 2.37. The summed E-state index contributed by atoms with van der Waals surface area (Å²) in [6, 6.07) is 9.21. The second-order valence-corrected chi connectivity index (χ2v) is 6.09. The van der Waals surface area contributed by atoms with Gasteiger partial charge in [-0.1, -0.05) is 30.3 Å². The molecule has 0 bridgehead atoms. The number of rotatable bonds is 2. The lowest BCUT2D eigenvalue weighted by atomic mass is 9.73. The summed E-state index contributed by atoms with van der Waals surface area (Å²) in [5.41, 5.74) is -0.679. The Bertz CT molecular complexity index is 512. The van der Waals surface area contributed by atoms with Crippen LogP contribution in [0.15, 0.2) is 30.3 Å². The molecule has 0 unspecified atom stereocenters. The summed E-state index contributed by atoms with van der Waals surface area (Å²) in [4.78, 5) is 24.7. The van der Waals surface area contributed by atoms with Gasteiger partial charge in [-0.25, -0.2) is 4.79 Å². The minimum Gasteiger partial charge on any atom is -0.465 e.